The van der Waals surface area contributed by atoms with Crippen molar-refractivity contribution in [3.8, 4) is 5.75 Å². The summed E-state index contributed by atoms with van der Waals surface area (Å²) in [6.45, 7) is 2.83. The van der Waals surface area contributed by atoms with Crippen molar-refractivity contribution in [1.29, 1.82) is 0 Å². The van der Waals surface area contributed by atoms with Gasteiger partial charge in [-0.1, -0.05) is 24.3 Å². The van der Waals surface area contributed by atoms with E-state index in [2.05, 4.69) is 0 Å². The zero-order valence-electron chi connectivity index (χ0n) is 14.1. The molecular weight excluding hydrogens is 331 g/mol. The summed E-state index contributed by atoms with van der Waals surface area (Å²) in [7, 11) is 1.58. The van der Waals surface area contributed by atoms with E-state index in [0.717, 1.165) is 23.4 Å². The Morgan fingerprint density at radius 1 is 1.00 bits per heavy atom. The summed E-state index contributed by atoms with van der Waals surface area (Å²) >= 11 is 0. The van der Waals surface area contributed by atoms with Crippen molar-refractivity contribution in [2.45, 2.75) is 26.1 Å². The lowest BCUT2D eigenvalue weighted by Gasteiger charge is -2.21. The molecule has 1 amide bonds. The highest BCUT2D eigenvalue weighted by Crippen LogP contribution is 2.29. The number of ether oxygens (including phenoxy) is 1. The van der Waals surface area contributed by atoms with E-state index in [1.54, 1.807) is 12.0 Å². The van der Waals surface area contributed by atoms with E-state index in [0.29, 0.717) is 18.7 Å². The number of hydrogen-bond donors (Lipinski definition) is 0. The van der Waals surface area contributed by atoms with Gasteiger partial charge in [-0.25, -0.2) is 0 Å². The highest BCUT2D eigenvalue weighted by Gasteiger charge is 2.30. The first-order valence-electron chi connectivity index (χ1n) is 7.90. The molecule has 0 fully saturated rings. The molecule has 0 N–H and O–H groups in total. The largest absolute Gasteiger partial charge is 0.497 e. The predicted octanol–water partition coefficient (Wildman–Crippen LogP) is 4.31. The second-order valence-electron chi connectivity index (χ2n) is 5.63. The number of methoxy groups -OCH3 is 1. The molecule has 3 nitrogen and oxygen atoms in total. The lowest BCUT2D eigenvalue weighted by Crippen LogP contribution is -2.31. The summed E-state index contributed by atoms with van der Waals surface area (Å²) in [5.41, 5.74) is 0.809. The summed E-state index contributed by atoms with van der Waals surface area (Å²) < 4.78 is 42.8. The Hall–Kier alpha value is -2.50. The molecule has 0 aromatic heterocycles. The number of rotatable bonds is 6. The highest BCUT2D eigenvalue weighted by atomic mass is 19.4. The second-order valence-corrected chi connectivity index (χ2v) is 5.63. The smallest absolute Gasteiger partial charge is 0.416 e. The molecule has 134 valence electrons. The third kappa shape index (κ3) is 5.24. The molecule has 25 heavy (non-hydrogen) atoms. The molecule has 0 heterocycles. The number of amides is 1. The Balaban J connectivity index is 2.01. The highest BCUT2D eigenvalue weighted by molar-refractivity contribution is 5.78. The Labute approximate surface area is 145 Å². The van der Waals surface area contributed by atoms with Gasteiger partial charge in [0, 0.05) is 13.1 Å². The number of likely N-dealkylation sites (N-methyl/N-ethyl adjacent to an activating group) is 1. The number of carbonyl (C=O) groups excluding carboxylic acids is 1. The summed E-state index contributed by atoms with van der Waals surface area (Å²) in [6, 6.07) is 12.1. The van der Waals surface area contributed by atoms with Gasteiger partial charge in [0.15, 0.2) is 0 Å². The van der Waals surface area contributed by atoms with Crippen molar-refractivity contribution in [2.24, 2.45) is 0 Å². The fourth-order valence-corrected chi connectivity index (χ4v) is 2.43. The molecule has 0 saturated carbocycles. The summed E-state index contributed by atoms with van der Waals surface area (Å²) in [6.07, 6.45) is -4.30. The first-order valence-corrected chi connectivity index (χ1v) is 7.90. The van der Waals surface area contributed by atoms with Gasteiger partial charge in [0.25, 0.3) is 0 Å². The quantitative estimate of drug-likeness (QED) is 0.776. The Morgan fingerprint density at radius 2 is 1.56 bits per heavy atom. The average molecular weight is 351 g/mol. The van der Waals surface area contributed by atoms with Crippen LogP contribution >= 0.6 is 0 Å². The average Bonchev–Trinajstić information content (AvgIpc) is 2.59. The van der Waals surface area contributed by atoms with Crippen molar-refractivity contribution in [2.75, 3.05) is 13.7 Å². The van der Waals surface area contributed by atoms with Gasteiger partial charge in [-0.2, -0.15) is 13.2 Å². The van der Waals surface area contributed by atoms with Crippen LogP contribution in [0.15, 0.2) is 48.5 Å². The SMILES string of the molecule is CCN(Cc1ccc(OC)cc1)C(=O)Cc1ccc(C(F)(F)F)cc1. The normalized spacial score (nSPS) is 11.2. The van der Waals surface area contributed by atoms with E-state index in [1.165, 1.54) is 12.1 Å². The van der Waals surface area contributed by atoms with Gasteiger partial charge < -0.3 is 9.64 Å². The third-order valence-electron chi connectivity index (χ3n) is 3.90. The maximum atomic E-state index is 12.6. The molecule has 0 aliphatic heterocycles. The first-order chi connectivity index (χ1) is 11.8. The molecule has 0 saturated heterocycles. The zero-order chi connectivity index (χ0) is 18.4. The van der Waals surface area contributed by atoms with E-state index in [1.807, 2.05) is 31.2 Å². The van der Waals surface area contributed by atoms with Crippen LogP contribution in [-0.4, -0.2) is 24.5 Å². The number of nitrogens with zero attached hydrogens (tertiary/aromatic N) is 1. The van der Waals surface area contributed by atoms with Crippen molar-refractivity contribution in [3.05, 3.63) is 65.2 Å². The summed E-state index contributed by atoms with van der Waals surface area (Å²) in [5, 5.41) is 0. The second kappa shape index (κ2) is 8.05. The molecule has 0 radical (unpaired) electrons. The van der Waals surface area contributed by atoms with Gasteiger partial charge in [0.1, 0.15) is 5.75 Å². The number of halogens is 3. The van der Waals surface area contributed by atoms with Crippen LogP contribution in [0.5, 0.6) is 5.75 Å². The van der Waals surface area contributed by atoms with Gasteiger partial charge in [-0.05, 0) is 42.3 Å². The van der Waals surface area contributed by atoms with E-state index < -0.39 is 11.7 Å². The first kappa shape index (κ1) is 18.8. The molecule has 0 aliphatic rings. The molecule has 0 bridgehead atoms. The van der Waals surface area contributed by atoms with Crippen LogP contribution in [0.4, 0.5) is 13.2 Å². The van der Waals surface area contributed by atoms with Gasteiger partial charge in [-0.15, -0.1) is 0 Å². The molecule has 0 unspecified atom stereocenters. The monoisotopic (exact) mass is 351 g/mol. The number of hydrogen-bond acceptors (Lipinski definition) is 2. The molecule has 0 atom stereocenters. The van der Waals surface area contributed by atoms with Crippen molar-refractivity contribution >= 4 is 5.91 Å². The standard InChI is InChI=1S/C19H20F3NO2/c1-3-23(13-15-6-10-17(25-2)11-7-15)18(24)12-14-4-8-16(9-5-14)19(20,21)22/h4-11H,3,12-13H2,1-2H3. The van der Waals surface area contributed by atoms with Crippen molar-refractivity contribution in [1.82, 2.24) is 4.90 Å². The maximum absolute atomic E-state index is 12.6. The third-order valence-corrected chi connectivity index (χ3v) is 3.90. The van der Waals surface area contributed by atoms with Crippen LogP contribution < -0.4 is 4.74 Å². The predicted molar refractivity (Wildman–Crippen MR) is 89.2 cm³/mol. The van der Waals surface area contributed by atoms with Crippen LogP contribution in [0.3, 0.4) is 0 Å². The fourth-order valence-electron chi connectivity index (χ4n) is 2.43. The minimum atomic E-state index is -4.37. The number of carbonyl (C=O) groups is 1. The minimum absolute atomic E-state index is 0.0716. The number of benzene rings is 2. The molecule has 2 rings (SSSR count). The van der Waals surface area contributed by atoms with E-state index in [4.69, 9.17) is 4.74 Å². The van der Waals surface area contributed by atoms with Gasteiger partial charge in [0.2, 0.25) is 5.91 Å². The van der Waals surface area contributed by atoms with Gasteiger partial charge in [0.05, 0.1) is 19.1 Å². The van der Waals surface area contributed by atoms with E-state index in [9.17, 15) is 18.0 Å². The minimum Gasteiger partial charge on any atom is -0.497 e. The Kier molecular flexibility index (Phi) is 6.07. The van der Waals surface area contributed by atoms with Gasteiger partial charge >= 0.3 is 6.18 Å². The molecular formula is C19H20F3NO2. The van der Waals surface area contributed by atoms with Crippen LogP contribution in [-0.2, 0) is 23.9 Å². The molecule has 0 spiro atoms. The van der Waals surface area contributed by atoms with E-state index >= 15 is 0 Å². The van der Waals surface area contributed by atoms with Crippen molar-refractivity contribution in [3.63, 3.8) is 0 Å². The molecule has 0 aliphatic carbocycles. The Morgan fingerprint density at radius 3 is 2.04 bits per heavy atom. The molecule has 2 aromatic carbocycles. The zero-order valence-corrected chi connectivity index (χ0v) is 14.1. The topological polar surface area (TPSA) is 29.5 Å². The lowest BCUT2D eigenvalue weighted by atomic mass is 10.1. The lowest BCUT2D eigenvalue weighted by molar-refractivity contribution is -0.137. The molecule has 2 aromatic rings. The van der Waals surface area contributed by atoms with Gasteiger partial charge in [-0.3, -0.25) is 4.79 Å². The fraction of sp³-hybridized carbons (Fsp3) is 0.316. The molecule has 6 heteroatoms. The maximum Gasteiger partial charge on any atom is 0.416 e. The summed E-state index contributed by atoms with van der Waals surface area (Å²) in [4.78, 5) is 14.1. The summed E-state index contributed by atoms with van der Waals surface area (Å²) in [5.74, 6) is 0.612. The van der Waals surface area contributed by atoms with Crippen LogP contribution in [0.2, 0.25) is 0 Å². The van der Waals surface area contributed by atoms with Crippen LogP contribution in [0.1, 0.15) is 23.6 Å². The van der Waals surface area contributed by atoms with E-state index in [-0.39, 0.29) is 12.3 Å². The van der Waals surface area contributed by atoms with Crippen LogP contribution in [0.25, 0.3) is 0 Å². The van der Waals surface area contributed by atoms with Crippen LogP contribution in [0, 0.1) is 0 Å². The number of alkyl halides is 3. The van der Waals surface area contributed by atoms with Crippen molar-refractivity contribution < 1.29 is 22.7 Å². The Bertz CT molecular complexity index is 694.